The van der Waals surface area contributed by atoms with E-state index in [2.05, 4.69) is 9.73 Å². The molecule has 1 N–H and O–H groups in total. The van der Waals surface area contributed by atoms with Gasteiger partial charge in [0.2, 0.25) is 0 Å². The molecule has 0 saturated heterocycles. The maximum Gasteiger partial charge on any atom is 0.433 e. The summed E-state index contributed by atoms with van der Waals surface area (Å²) in [5, 5.41) is 8.55. The van der Waals surface area contributed by atoms with E-state index in [-0.39, 0.29) is 11.6 Å². The molecule has 0 heterocycles. The zero-order valence-corrected chi connectivity index (χ0v) is 7.20. The number of methoxy groups -OCH3 is 1. The van der Waals surface area contributed by atoms with Crippen LogP contribution < -0.4 is 0 Å². The predicted octanol–water partition coefficient (Wildman–Crippen LogP) is 0.934. The highest BCUT2D eigenvalue weighted by Crippen LogP contribution is 1.98. The Morgan fingerprint density at radius 1 is 1.42 bits per heavy atom. The van der Waals surface area contributed by atoms with Crippen molar-refractivity contribution in [2.75, 3.05) is 7.11 Å². The van der Waals surface area contributed by atoms with Crippen molar-refractivity contribution in [2.45, 2.75) is 13.8 Å². The van der Waals surface area contributed by atoms with Crippen LogP contribution in [0.15, 0.2) is 4.99 Å². The molecule has 0 radical (unpaired) electrons. The number of amides is 1. The summed E-state index contributed by atoms with van der Waals surface area (Å²) in [6.45, 7) is 3.27. The number of hydrogen-bond acceptors (Lipinski definition) is 3. The molecule has 1 amide bonds. The van der Waals surface area contributed by atoms with Crippen molar-refractivity contribution in [3.63, 3.8) is 0 Å². The number of carboxylic acids is 1. The van der Waals surface area contributed by atoms with E-state index in [9.17, 15) is 9.59 Å². The van der Waals surface area contributed by atoms with Crippen LogP contribution in [0.4, 0.5) is 4.79 Å². The van der Waals surface area contributed by atoms with Gasteiger partial charge in [0.15, 0.2) is 0 Å². The lowest BCUT2D eigenvalue weighted by Gasteiger charge is -2.02. The second-order valence-corrected chi connectivity index (χ2v) is 2.43. The maximum atomic E-state index is 10.6. The molecule has 0 aliphatic rings. The van der Waals surface area contributed by atoms with Crippen LogP contribution in [0.25, 0.3) is 0 Å². The predicted molar refractivity (Wildman–Crippen MR) is 42.3 cm³/mol. The Kier molecular flexibility index (Phi) is 3.96. The van der Waals surface area contributed by atoms with Gasteiger partial charge in [0.1, 0.15) is 5.71 Å². The van der Waals surface area contributed by atoms with Gasteiger partial charge in [-0.05, 0) is 0 Å². The van der Waals surface area contributed by atoms with Crippen LogP contribution in [0.1, 0.15) is 13.8 Å². The first-order chi connectivity index (χ1) is 5.49. The molecule has 0 unspecified atom stereocenters. The highest BCUT2D eigenvalue weighted by Gasteiger charge is 2.15. The highest BCUT2D eigenvalue weighted by atomic mass is 16.5. The quantitative estimate of drug-likeness (QED) is 0.630. The Hall–Kier alpha value is -1.39. The van der Waals surface area contributed by atoms with Gasteiger partial charge in [-0.3, -0.25) is 0 Å². The second-order valence-electron chi connectivity index (χ2n) is 2.43. The number of carbonyl (C=O) groups excluding carboxylic acids is 1. The van der Waals surface area contributed by atoms with Gasteiger partial charge in [-0.2, -0.15) is 4.99 Å². The van der Waals surface area contributed by atoms with Gasteiger partial charge in [0.25, 0.3) is 0 Å². The minimum absolute atomic E-state index is 0.193. The third kappa shape index (κ3) is 3.14. The summed E-state index contributed by atoms with van der Waals surface area (Å²) < 4.78 is 4.19. The Bertz CT molecular complexity index is 219. The first kappa shape index (κ1) is 10.6. The third-order valence-electron chi connectivity index (χ3n) is 1.15. The number of aliphatic imine (C=N–C) groups is 1. The van der Waals surface area contributed by atoms with Crippen molar-refractivity contribution >= 4 is 17.8 Å². The van der Waals surface area contributed by atoms with Crippen molar-refractivity contribution in [2.24, 2.45) is 10.9 Å². The van der Waals surface area contributed by atoms with Gasteiger partial charge in [0, 0.05) is 5.92 Å². The summed E-state index contributed by atoms with van der Waals surface area (Å²) in [6.07, 6.45) is -0.888. The first-order valence-corrected chi connectivity index (χ1v) is 3.38. The molecule has 0 aromatic rings. The SMILES string of the molecule is COC(=O)/N=C(/C(=O)O)C(C)C. The topological polar surface area (TPSA) is 76.0 Å². The molecule has 0 spiro atoms. The van der Waals surface area contributed by atoms with Crippen molar-refractivity contribution in [3.8, 4) is 0 Å². The van der Waals surface area contributed by atoms with Crippen LogP contribution in [0.2, 0.25) is 0 Å². The molecule has 0 bridgehead atoms. The number of carboxylic acid groups (broad SMARTS) is 1. The monoisotopic (exact) mass is 173 g/mol. The van der Waals surface area contributed by atoms with Gasteiger partial charge >= 0.3 is 12.1 Å². The van der Waals surface area contributed by atoms with Crippen LogP contribution in [-0.2, 0) is 9.53 Å². The van der Waals surface area contributed by atoms with Crippen molar-refractivity contribution < 1.29 is 19.4 Å². The van der Waals surface area contributed by atoms with E-state index in [1.165, 1.54) is 0 Å². The Balaban J connectivity index is 4.61. The average molecular weight is 173 g/mol. The molecule has 0 aliphatic carbocycles. The normalized spacial score (nSPS) is 11.5. The van der Waals surface area contributed by atoms with E-state index in [4.69, 9.17) is 5.11 Å². The molecular formula is C7H11NO4. The molecule has 5 heteroatoms. The van der Waals surface area contributed by atoms with Gasteiger partial charge in [0.05, 0.1) is 7.11 Å². The van der Waals surface area contributed by atoms with E-state index >= 15 is 0 Å². The smallest absolute Gasteiger partial charge is 0.433 e. The van der Waals surface area contributed by atoms with Crippen molar-refractivity contribution in [1.82, 2.24) is 0 Å². The third-order valence-corrected chi connectivity index (χ3v) is 1.15. The van der Waals surface area contributed by atoms with E-state index in [1.807, 2.05) is 0 Å². The van der Waals surface area contributed by atoms with E-state index in [0.29, 0.717) is 0 Å². The summed E-state index contributed by atoms with van der Waals surface area (Å²) in [4.78, 5) is 24.3. The van der Waals surface area contributed by atoms with Gasteiger partial charge < -0.3 is 9.84 Å². The molecule has 0 aliphatic heterocycles. The average Bonchev–Trinajstić information content (AvgIpc) is 1.98. The van der Waals surface area contributed by atoms with Gasteiger partial charge in [-0.25, -0.2) is 9.59 Å². The Morgan fingerprint density at radius 2 is 1.92 bits per heavy atom. The lowest BCUT2D eigenvalue weighted by molar-refractivity contribution is -0.129. The number of aliphatic carboxylic acids is 1. The zero-order valence-electron chi connectivity index (χ0n) is 7.20. The highest BCUT2D eigenvalue weighted by molar-refractivity contribution is 6.37. The maximum absolute atomic E-state index is 10.6. The molecule has 0 fully saturated rings. The Morgan fingerprint density at radius 3 is 2.17 bits per heavy atom. The van der Waals surface area contributed by atoms with Crippen LogP contribution in [0.5, 0.6) is 0 Å². The molecule has 0 rings (SSSR count). The van der Waals surface area contributed by atoms with Gasteiger partial charge in [-0.1, -0.05) is 13.8 Å². The summed E-state index contributed by atoms with van der Waals surface area (Å²) >= 11 is 0. The molecule has 0 atom stereocenters. The lowest BCUT2D eigenvalue weighted by Crippen LogP contribution is -2.21. The first-order valence-electron chi connectivity index (χ1n) is 3.38. The number of rotatable bonds is 2. The number of nitrogens with zero attached hydrogens (tertiary/aromatic N) is 1. The fourth-order valence-electron chi connectivity index (χ4n) is 0.568. The standard InChI is InChI=1S/C7H11NO4/c1-4(2)5(6(9)10)8-7(11)12-3/h4H,1-3H3,(H,9,10)/b8-5+. The molecular weight excluding hydrogens is 162 g/mol. The van der Waals surface area contributed by atoms with E-state index in [0.717, 1.165) is 7.11 Å². The van der Waals surface area contributed by atoms with Crippen molar-refractivity contribution in [1.29, 1.82) is 0 Å². The second kappa shape index (κ2) is 4.48. The van der Waals surface area contributed by atoms with E-state index in [1.54, 1.807) is 13.8 Å². The van der Waals surface area contributed by atoms with Crippen LogP contribution in [0.3, 0.4) is 0 Å². The summed E-state index contributed by atoms with van der Waals surface area (Å²) in [6, 6.07) is 0. The molecule has 12 heavy (non-hydrogen) atoms. The van der Waals surface area contributed by atoms with Crippen molar-refractivity contribution in [3.05, 3.63) is 0 Å². The molecule has 0 saturated carbocycles. The molecule has 0 aromatic heterocycles. The molecule has 0 aromatic carbocycles. The molecule has 5 nitrogen and oxygen atoms in total. The fraction of sp³-hybridized carbons (Fsp3) is 0.571. The Labute approximate surface area is 70.1 Å². The zero-order chi connectivity index (χ0) is 9.72. The minimum atomic E-state index is -1.20. The number of carbonyl (C=O) groups is 2. The summed E-state index contributed by atoms with van der Waals surface area (Å²) in [7, 11) is 1.14. The summed E-state index contributed by atoms with van der Waals surface area (Å²) in [5.41, 5.74) is -0.193. The summed E-state index contributed by atoms with van der Waals surface area (Å²) in [5.74, 6) is -1.50. The van der Waals surface area contributed by atoms with Crippen LogP contribution in [-0.4, -0.2) is 30.0 Å². The number of ether oxygens (including phenoxy) is 1. The van der Waals surface area contributed by atoms with Crippen LogP contribution >= 0.6 is 0 Å². The van der Waals surface area contributed by atoms with E-state index < -0.39 is 12.1 Å². The largest absolute Gasteiger partial charge is 0.477 e. The number of hydrogen-bond donors (Lipinski definition) is 1. The van der Waals surface area contributed by atoms with Crippen LogP contribution in [0, 0.1) is 5.92 Å². The molecule has 68 valence electrons. The fourth-order valence-corrected chi connectivity index (χ4v) is 0.568. The lowest BCUT2D eigenvalue weighted by atomic mass is 10.1. The minimum Gasteiger partial charge on any atom is -0.477 e. The van der Waals surface area contributed by atoms with Gasteiger partial charge in [-0.15, -0.1) is 0 Å².